The second kappa shape index (κ2) is 9.87. The number of aryl methyl sites for hydroxylation is 1. The molecule has 3 rings (SSSR count). The molecule has 156 valence electrons. The van der Waals surface area contributed by atoms with E-state index < -0.39 is 6.10 Å². The van der Waals surface area contributed by atoms with Gasteiger partial charge in [0, 0.05) is 36.1 Å². The minimum atomic E-state index is -0.511. The minimum absolute atomic E-state index is 0.0253. The highest BCUT2D eigenvalue weighted by molar-refractivity contribution is 5.92. The molecule has 1 unspecified atom stereocenters. The lowest BCUT2D eigenvalue weighted by molar-refractivity contribution is -0.117. The summed E-state index contributed by atoms with van der Waals surface area (Å²) >= 11 is 0. The van der Waals surface area contributed by atoms with Gasteiger partial charge in [-0.15, -0.1) is 0 Å². The Kier molecular flexibility index (Phi) is 7.25. The van der Waals surface area contributed by atoms with Crippen molar-refractivity contribution < 1.29 is 15.0 Å². The van der Waals surface area contributed by atoms with Gasteiger partial charge in [0.05, 0.1) is 19.3 Å². The minimum Gasteiger partial charge on any atom is -0.392 e. The van der Waals surface area contributed by atoms with Crippen LogP contribution in [0.5, 0.6) is 0 Å². The third kappa shape index (κ3) is 5.79. The molecule has 1 heterocycles. The molecule has 1 aliphatic heterocycles. The van der Waals surface area contributed by atoms with Crippen LogP contribution >= 0.6 is 0 Å². The summed E-state index contributed by atoms with van der Waals surface area (Å²) in [7, 11) is 0. The lowest BCUT2D eigenvalue weighted by Crippen LogP contribution is -2.42. The highest BCUT2D eigenvalue weighted by Gasteiger charge is 2.22. The number of rotatable bonds is 7. The molecule has 0 bridgehead atoms. The molecular formula is C23H31N3O3. The molecule has 1 amide bonds. The van der Waals surface area contributed by atoms with E-state index in [0.717, 1.165) is 54.0 Å². The molecule has 2 aromatic carbocycles. The SMILES string of the molecule is Cc1cccc(CO)c1NC1CCN(CC(=O)Nc2ccc(C(C)O)cc2)CC1. The number of amides is 1. The van der Waals surface area contributed by atoms with E-state index in [9.17, 15) is 15.0 Å². The molecule has 1 atom stereocenters. The quantitative estimate of drug-likeness (QED) is 0.577. The molecule has 2 aromatic rings. The van der Waals surface area contributed by atoms with Gasteiger partial charge in [-0.1, -0.05) is 30.3 Å². The van der Waals surface area contributed by atoms with Gasteiger partial charge >= 0.3 is 0 Å². The summed E-state index contributed by atoms with van der Waals surface area (Å²) in [6.07, 6.45) is 1.40. The number of hydrogen-bond acceptors (Lipinski definition) is 5. The summed E-state index contributed by atoms with van der Waals surface area (Å²) in [6, 6.07) is 13.6. The van der Waals surface area contributed by atoms with E-state index in [4.69, 9.17) is 0 Å². The van der Waals surface area contributed by atoms with E-state index in [0.29, 0.717) is 12.6 Å². The van der Waals surface area contributed by atoms with Crippen molar-refractivity contribution in [3.05, 3.63) is 59.2 Å². The van der Waals surface area contributed by atoms with E-state index in [-0.39, 0.29) is 12.5 Å². The van der Waals surface area contributed by atoms with Crippen molar-refractivity contribution in [1.82, 2.24) is 4.90 Å². The number of anilines is 2. The number of carbonyl (C=O) groups is 1. The van der Waals surface area contributed by atoms with E-state index in [1.54, 1.807) is 6.92 Å². The van der Waals surface area contributed by atoms with Crippen LogP contribution in [0.25, 0.3) is 0 Å². The summed E-state index contributed by atoms with van der Waals surface area (Å²) in [4.78, 5) is 14.5. The van der Waals surface area contributed by atoms with Gasteiger partial charge in [-0.3, -0.25) is 9.69 Å². The van der Waals surface area contributed by atoms with Crippen molar-refractivity contribution in [3.8, 4) is 0 Å². The van der Waals surface area contributed by atoms with Crippen molar-refractivity contribution in [1.29, 1.82) is 0 Å². The fraction of sp³-hybridized carbons (Fsp3) is 0.435. The van der Waals surface area contributed by atoms with Crippen LogP contribution in [0.1, 0.15) is 42.6 Å². The van der Waals surface area contributed by atoms with Crippen LogP contribution in [-0.4, -0.2) is 46.7 Å². The van der Waals surface area contributed by atoms with Gasteiger partial charge in [-0.05, 0) is 49.9 Å². The Bertz CT molecular complexity index is 813. The summed E-state index contributed by atoms with van der Waals surface area (Å²) in [5.41, 5.74) is 4.67. The predicted molar refractivity (Wildman–Crippen MR) is 116 cm³/mol. The maximum absolute atomic E-state index is 12.4. The molecule has 29 heavy (non-hydrogen) atoms. The highest BCUT2D eigenvalue weighted by Crippen LogP contribution is 2.24. The van der Waals surface area contributed by atoms with E-state index in [1.165, 1.54) is 0 Å². The second-order valence-corrected chi connectivity index (χ2v) is 7.81. The number of carbonyl (C=O) groups excluding carboxylic acids is 1. The first-order chi connectivity index (χ1) is 14.0. The molecule has 1 aliphatic rings. The van der Waals surface area contributed by atoms with Crippen LogP contribution in [0.2, 0.25) is 0 Å². The Morgan fingerprint density at radius 3 is 2.48 bits per heavy atom. The van der Waals surface area contributed by atoms with Crippen molar-refractivity contribution in [2.45, 2.75) is 45.4 Å². The number of aliphatic hydroxyl groups is 2. The number of nitrogens with one attached hydrogen (secondary N) is 2. The maximum atomic E-state index is 12.4. The van der Waals surface area contributed by atoms with Crippen molar-refractivity contribution in [2.24, 2.45) is 0 Å². The lowest BCUT2D eigenvalue weighted by atomic mass is 10.0. The van der Waals surface area contributed by atoms with Gasteiger partial charge in [0.15, 0.2) is 0 Å². The molecular weight excluding hydrogens is 366 g/mol. The standard InChI is InChI=1S/C23H31N3O3/c1-16-4-3-5-19(15-27)23(16)25-21-10-12-26(13-11-21)14-22(29)24-20-8-6-18(7-9-20)17(2)28/h3-9,17,21,25,27-28H,10-15H2,1-2H3,(H,24,29). The molecule has 0 aliphatic carbocycles. The molecule has 0 radical (unpaired) electrons. The fourth-order valence-electron chi connectivity index (χ4n) is 3.75. The Morgan fingerprint density at radius 2 is 1.86 bits per heavy atom. The first kappa shape index (κ1) is 21.3. The van der Waals surface area contributed by atoms with Crippen LogP contribution in [0.3, 0.4) is 0 Å². The molecule has 0 aromatic heterocycles. The van der Waals surface area contributed by atoms with Gasteiger partial charge in [-0.25, -0.2) is 0 Å². The Labute approximate surface area is 172 Å². The third-order valence-corrected chi connectivity index (χ3v) is 5.51. The Balaban J connectivity index is 1.46. The number of aliphatic hydroxyl groups excluding tert-OH is 2. The normalized spacial score (nSPS) is 16.4. The largest absolute Gasteiger partial charge is 0.392 e. The van der Waals surface area contributed by atoms with Crippen LogP contribution in [0, 0.1) is 6.92 Å². The number of piperidine rings is 1. The predicted octanol–water partition coefficient (Wildman–Crippen LogP) is 3.06. The zero-order chi connectivity index (χ0) is 20.8. The summed E-state index contributed by atoms with van der Waals surface area (Å²) < 4.78 is 0. The maximum Gasteiger partial charge on any atom is 0.238 e. The average Bonchev–Trinajstić information content (AvgIpc) is 2.71. The van der Waals surface area contributed by atoms with E-state index >= 15 is 0 Å². The molecule has 1 fully saturated rings. The van der Waals surface area contributed by atoms with E-state index in [1.807, 2.05) is 36.4 Å². The Hall–Kier alpha value is -2.41. The van der Waals surface area contributed by atoms with Crippen LogP contribution < -0.4 is 10.6 Å². The monoisotopic (exact) mass is 397 g/mol. The number of hydrogen-bond donors (Lipinski definition) is 4. The molecule has 6 nitrogen and oxygen atoms in total. The third-order valence-electron chi connectivity index (χ3n) is 5.51. The van der Waals surface area contributed by atoms with Gasteiger partial charge in [0.2, 0.25) is 5.91 Å². The Morgan fingerprint density at radius 1 is 1.17 bits per heavy atom. The molecule has 1 saturated heterocycles. The summed E-state index contributed by atoms with van der Waals surface area (Å²) in [6.45, 7) is 5.88. The summed E-state index contributed by atoms with van der Waals surface area (Å²) in [5, 5.41) is 25.6. The zero-order valence-corrected chi connectivity index (χ0v) is 17.2. The van der Waals surface area contributed by atoms with Gasteiger partial charge in [0.25, 0.3) is 0 Å². The average molecular weight is 398 g/mol. The second-order valence-electron chi connectivity index (χ2n) is 7.81. The number of nitrogens with zero attached hydrogens (tertiary/aromatic N) is 1. The number of likely N-dealkylation sites (tertiary alicyclic amines) is 1. The number of para-hydroxylation sites is 1. The van der Waals surface area contributed by atoms with Crippen LogP contribution in [-0.2, 0) is 11.4 Å². The fourth-order valence-corrected chi connectivity index (χ4v) is 3.75. The van der Waals surface area contributed by atoms with Crippen molar-refractivity contribution in [2.75, 3.05) is 30.3 Å². The first-order valence-corrected chi connectivity index (χ1v) is 10.2. The van der Waals surface area contributed by atoms with Crippen molar-refractivity contribution >= 4 is 17.3 Å². The zero-order valence-electron chi connectivity index (χ0n) is 17.2. The lowest BCUT2D eigenvalue weighted by Gasteiger charge is -2.33. The van der Waals surface area contributed by atoms with Crippen LogP contribution in [0.15, 0.2) is 42.5 Å². The van der Waals surface area contributed by atoms with Crippen LogP contribution in [0.4, 0.5) is 11.4 Å². The van der Waals surface area contributed by atoms with Gasteiger partial charge < -0.3 is 20.8 Å². The van der Waals surface area contributed by atoms with Crippen molar-refractivity contribution in [3.63, 3.8) is 0 Å². The molecule has 0 spiro atoms. The van der Waals surface area contributed by atoms with E-state index in [2.05, 4.69) is 28.5 Å². The molecule has 0 saturated carbocycles. The molecule has 4 N–H and O–H groups in total. The van der Waals surface area contributed by atoms with Gasteiger partial charge in [-0.2, -0.15) is 0 Å². The van der Waals surface area contributed by atoms with Gasteiger partial charge in [0.1, 0.15) is 0 Å². The number of benzene rings is 2. The summed E-state index contributed by atoms with van der Waals surface area (Å²) in [5.74, 6) is -0.0253. The molecule has 6 heteroatoms. The topological polar surface area (TPSA) is 84.8 Å². The first-order valence-electron chi connectivity index (χ1n) is 10.2. The smallest absolute Gasteiger partial charge is 0.238 e. The highest BCUT2D eigenvalue weighted by atomic mass is 16.3.